The molecule has 3 heterocycles. The Labute approximate surface area is 195 Å². The summed E-state index contributed by atoms with van der Waals surface area (Å²) >= 11 is 0. The predicted molar refractivity (Wildman–Crippen MR) is 126 cm³/mol. The molecule has 1 aromatic carbocycles. The number of ether oxygens (including phenoxy) is 2. The molecule has 2 aromatic rings. The van der Waals surface area contributed by atoms with Crippen LogP contribution < -0.4 is 15.5 Å². The van der Waals surface area contributed by atoms with Gasteiger partial charge in [0, 0.05) is 12.0 Å². The number of hydrogen-bond acceptors (Lipinski definition) is 7. The van der Waals surface area contributed by atoms with Gasteiger partial charge in [0.25, 0.3) is 0 Å². The van der Waals surface area contributed by atoms with Gasteiger partial charge in [-0.05, 0) is 57.1 Å². The van der Waals surface area contributed by atoms with Crippen LogP contribution in [0.4, 0.5) is 5.69 Å². The largest absolute Gasteiger partial charge is 0.495 e. The molecule has 0 radical (unpaired) electrons. The Morgan fingerprint density at radius 1 is 1.24 bits per heavy atom. The molecule has 1 aliphatic carbocycles. The first-order valence-electron chi connectivity index (χ1n) is 11.6. The van der Waals surface area contributed by atoms with E-state index in [1.165, 1.54) is 18.2 Å². The van der Waals surface area contributed by atoms with Gasteiger partial charge in [0.2, 0.25) is 0 Å². The number of methoxy groups -OCH3 is 1. The lowest BCUT2D eigenvalue weighted by molar-refractivity contribution is -0.141. The van der Waals surface area contributed by atoms with Gasteiger partial charge in [-0.3, -0.25) is 9.78 Å². The van der Waals surface area contributed by atoms with Gasteiger partial charge < -0.3 is 24.1 Å². The number of fused-ring (bicyclic) bond motifs is 2. The number of pyridine rings is 1. The summed E-state index contributed by atoms with van der Waals surface area (Å²) in [7, 11) is 1.04. The monoisotopic (exact) mass is 450 g/mol. The van der Waals surface area contributed by atoms with Crippen LogP contribution in [0.2, 0.25) is 0 Å². The lowest BCUT2D eigenvalue weighted by Gasteiger charge is -2.32. The second-order valence-corrected chi connectivity index (χ2v) is 10.1. The number of hydrogen-bond donors (Lipinski definition) is 1. The van der Waals surface area contributed by atoms with Gasteiger partial charge in [-0.15, -0.1) is 0 Å². The molecule has 1 saturated heterocycles. The standard InChI is InChI=1S/C25H31BN2O5/c1-24(2)25(3,4)33-26(32-24)19-8-6-7-18-17(19)9-10-20(18)28-16-12-21-23(27-13-16)15(14-31-21)11-22(29)30-5/h6-8,12-13,15,20,28H,9-11,14H2,1-5H3/t15?,20-/m1/s1. The molecule has 1 aromatic heterocycles. The summed E-state index contributed by atoms with van der Waals surface area (Å²) in [6.45, 7) is 8.78. The fourth-order valence-corrected chi connectivity index (χ4v) is 4.89. The number of carbonyl (C=O) groups is 1. The van der Waals surface area contributed by atoms with Crippen LogP contribution in [0.1, 0.15) is 69.3 Å². The van der Waals surface area contributed by atoms with Crippen molar-refractivity contribution < 1.29 is 23.6 Å². The van der Waals surface area contributed by atoms with Crippen molar-refractivity contribution in [1.82, 2.24) is 4.98 Å². The van der Waals surface area contributed by atoms with Gasteiger partial charge in [0.05, 0.1) is 55.0 Å². The number of nitrogens with zero attached hydrogens (tertiary/aromatic N) is 1. The number of nitrogens with one attached hydrogen (secondary N) is 1. The van der Waals surface area contributed by atoms with Crippen molar-refractivity contribution in [2.45, 2.75) is 70.1 Å². The fourth-order valence-electron chi connectivity index (χ4n) is 4.89. The molecule has 1 unspecified atom stereocenters. The van der Waals surface area contributed by atoms with E-state index in [-0.39, 0.29) is 42.7 Å². The minimum absolute atomic E-state index is 0.0591. The first-order valence-corrected chi connectivity index (χ1v) is 11.6. The Kier molecular flexibility index (Phi) is 5.41. The molecule has 8 heteroatoms. The Morgan fingerprint density at radius 2 is 2.00 bits per heavy atom. The average Bonchev–Trinajstić information content (AvgIpc) is 3.42. The lowest BCUT2D eigenvalue weighted by Crippen LogP contribution is -2.41. The van der Waals surface area contributed by atoms with E-state index in [0.29, 0.717) is 6.61 Å². The summed E-state index contributed by atoms with van der Waals surface area (Å²) in [4.78, 5) is 16.3. The molecule has 174 valence electrons. The zero-order valence-electron chi connectivity index (χ0n) is 19.9. The topological polar surface area (TPSA) is 78.9 Å². The maximum Gasteiger partial charge on any atom is 0.495 e. The van der Waals surface area contributed by atoms with E-state index in [9.17, 15) is 4.79 Å². The van der Waals surface area contributed by atoms with Crippen molar-refractivity contribution in [2.24, 2.45) is 0 Å². The van der Waals surface area contributed by atoms with E-state index in [0.717, 1.165) is 35.4 Å². The Balaban J connectivity index is 1.34. The number of aromatic nitrogens is 1. The Morgan fingerprint density at radius 3 is 2.73 bits per heavy atom. The van der Waals surface area contributed by atoms with Gasteiger partial charge in [0.15, 0.2) is 0 Å². The van der Waals surface area contributed by atoms with Crippen molar-refractivity contribution in [1.29, 1.82) is 0 Å². The van der Waals surface area contributed by atoms with E-state index in [4.69, 9.17) is 18.8 Å². The third-order valence-electron chi connectivity index (χ3n) is 7.50. The maximum atomic E-state index is 11.6. The zero-order valence-corrected chi connectivity index (χ0v) is 19.9. The molecule has 2 aliphatic heterocycles. The molecule has 1 N–H and O–H groups in total. The first-order chi connectivity index (χ1) is 15.7. The highest BCUT2D eigenvalue weighted by Crippen LogP contribution is 2.40. The molecule has 33 heavy (non-hydrogen) atoms. The number of benzene rings is 1. The Hall–Kier alpha value is -2.58. The van der Waals surface area contributed by atoms with Gasteiger partial charge in [-0.25, -0.2) is 0 Å². The smallest absolute Gasteiger partial charge is 0.491 e. The highest BCUT2D eigenvalue weighted by molar-refractivity contribution is 6.62. The molecule has 1 fully saturated rings. The minimum atomic E-state index is -0.363. The molecule has 0 saturated carbocycles. The normalized spacial score (nSPS) is 24.2. The summed E-state index contributed by atoms with van der Waals surface area (Å²) in [5, 5.41) is 3.63. The van der Waals surface area contributed by atoms with Crippen molar-refractivity contribution in [3.05, 3.63) is 47.3 Å². The SMILES string of the molecule is COC(=O)CC1COc2cc(N[C@@H]3CCc4c(B5OC(C)(C)C(C)(C)O5)cccc43)cnc21. The van der Waals surface area contributed by atoms with Crippen LogP contribution in [0, 0.1) is 0 Å². The van der Waals surface area contributed by atoms with E-state index in [1.807, 2.05) is 12.3 Å². The molecule has 5 rings (SSSR count). The van der Waals surface area contributed by atoms with Crippen molar-refractivity contribution in [3.63, 3.8) is 0 Å². The fraction of sp³-hybridized carbons (Fsp3) is 0.520. The van der Waals surface area contributed by atoms with Crippen LogP contribution in [-0.2, 0) is 25.3 Å². The van der Waals surface area contributed by atoms with Crippen LogP contribution in [0.5, 0.6) is 5.75 Å². The predicted octanol–water partition coefficient (Wildman–Crippen LogP) is 3.52. The summed E-state index contributed by atoms with van der Waals surface area (Å²) in [6.07, 6.45) is 4.05. The zero-order chi connectivity index (χ0) is 23.4. The molecular formula is C25H31BN2O5. The van der Waals surface area contributed by atoms with Gasteiger partial charge in [0.1, 0.15) is 5.75 Å². The number of anilines is 1. The number of carbonyl (C=O) groups excluding carboxylic acids is 1. The molecule has 3 aliphatic rings. The second-order valence-electron chi connectivity index (χ2n) is 10.1. The van der Waals surface area contributed by atoms with Crippen LogP contribution in [-0.4, -0.2) is 43.0 Å². The van der Waals surface area contributed by atoms with Crippen LogP contribution in [0.15, 0.2) is 30.5 Å². The van der Waals surface area contributed by atoms with Crippen molar-refractivity contribution in [2.75, 3.05) is 19.0 Å². The molecular weight excluding hydrogens is 419 g/mol. The van der Waals surface area contributed by atoms with Gasteiger partial charge >= 0.3 is 13.1 Å². The van der Waals surface area contributed by atoms with Crippen LogP contribution >= 0.6 is 0 Å². The van der Waals surface area contributed by atoms with E-state index in [1.54, 1.807) is 0 Å². The van der Waals surface area contributed by atoms with Crippen molar-refractivity contribution >= 4 is 24.2 Å². The summed E-state index contributed by atoms with van der Waals surface area (Å²) in [6, 6.07) is 8.54. The highest BCUT2D eigenvalue weighted by Gasteiger charge is 2.52. The third kappa shape index (κ3) is 3.89. The van der Waals surface area contributed by atoms with Gasteiger partial charge in [-0.1, -0.05) is 18.2 Å². The molecule has 0 bridgehead atoms. The van der Waals surface area contributed by atoms with E-state index in [2.05, 4.69) is 56.2 Å². The third-order valence-corrected chi connectivity index (χ3v) is 7.50. The lowest BCUT2D eigenvalue weighted by atomic mass is 9.75. The van der Waals surface area contributed by atoms with Gasteiger partial charge in [-0.2, -0.15) is 0 Å². The maximum absolute atomic E-state index is 11.6. The minimum Gasteiger partial charge on any atom is -0.491 e. The second kappa shape index (κ2) is 8.03. The van der Waals surface area contributed by atoms with Crippen molar-refractivity contribution in [3.8, 4) is 5.75 Å². The van der Waals surface area contributed by atoms with Crippen LogP contribution in [0.3, 0.4) is 0 Å². The number of esters is 1. The molecule has 0 amide bonds. The highest BCUT2D eigenvalue weighted by atomic mass is 16.7. The van der Waals surface area contributed by atoms with E-state index < -0.39 is 0 Å². The first kappa shape index (κ1) is 22.2. The molecule has 0 spiro atoms. The Bertz CT molecular complexity index is 1070. The molecule has 2 atom stereocenters. The summed E-state index contributed by atoms with van der Waals surface area (Å²) in [5.41, 5.74) is 4.70. The van der Waals surface area contributed by atoms with Crippen LogP contribution in [0.25, 0.3) is 0 Å². The quantitative estimate of drug-likeness (QED) is 0.552. The van der Waals surface area contributed by atoms with E-state index >= 15 is 0 Å². The number of rotatable bonds is 5. The summed E-state index contributed by atoms with van der Waals surface area (Å²) in [5.74, 6) is 0.426. The average molecular weight is 450 g/mol. The summed E-state index contributed by atoms with van der Waals surface area (Å²) < 4.78 is 23.2. The molecule has 7 nitrogen and oxygen atoms in total.